The van der Waals surface area contributed by atoms with Crippen molar-refractivity contribution >= 4 is 5.91 Å². The number of amides is 1. The molecule has 1 amide bonds. The summed E-state index contributed by atoms with van der Waals surface area (Å²) in [7, 11) is 0. The zero-order valence-electron chi connectivity index (χ0n) is 16.6. The Labute approximate surface area is 165 Å². The molecule has 0 spiro atoms. The van der Waals surface area contributed by atoms with E-state index >= 15 is 0 Å². The zero-order valence-corrected chi connectivity index (χ0v) is 16.6. The smallest absolute Gasteiger partial charge is 0.223 e. The van der Waals surface area contributed by atoms with Gasteiger partial charge in [-0.1, -0.05) is 6.42 Å². The third-order valence-corrected chi connectivity index (χ3v) is 5.83. The number of nitrogens with one attached hydrogen (secondary N) is 1. The molecule has 28 heavy (non-hydrogen) atoms. The Bertz CT molecular complexity index is 823. The van der Waals surface area contributed by atoms with Crippen LogP contribution in [0.3, 0.4) is 0 Å². The maximum atomic E-state index is 12.1. The highest BCUT2D eigenvalue weighted by molar-refractivity contribution is 5.79. The van der Waals surface area contributed by atoms with Gasteiger partial charge in [-0.2, -0.15) is 10.2 Å². The molecule has 2 aromatic heterocycles. The average molecular weight is 387 g/mol. The quantitative estimate of drug-likeness (QED) is 0.747. The second-order valence-corrected chi connectivity index (χ2v) is 7.99. The van der Waals surface area contributed by atoms with Crippen molar-refractivity contribution < 1.29 is 9.90 Å². The third kappa shape index (κ3) is 4.28. The summed E-state index contributed by atoms with van der Waals surface area (Å²) in [6, 6.07) is 2.13. The molecule has 1 aliphatic carbocycles. The van der Waals surface area contributed by atoms with Gasteiger partial charge in [0.25, 0.3) is 0 Å². The van der Waals surface area contributed by atoms with Crippen LogP contribution in [-0.2, 0) is 37.5 Å². The van der Waals surface area contributed by atoms with Crippen LogP contribution in [0.15, 0.2) is 12.3 Å². The zero-order chi connectivity index (χ0) is 19.5. The molecule has 2 aromatic rings. The Balaban J connectivity index is 1.37. The molecule has 152 valence electrons. The first-order valence-corrected chi connectivity index (χ1v) is 10.3. The predicted molar refractivity (Wildman–Crippen MR) is 104 cm³/mol. The number of aryl methyl sites for hydroxylation is 2. The summed E-state index contributed by atoms with van der Waals surface area (Å²) in [4.78, 5) is 14.5. The molecule has 0 saturated heterocycles. The van der Waals surface area contributed by atoms with E-state index in [0.29, 0.717) is 13.1 Å². The topological polar surface area (TPSA) is 88.2 Å². The molecule has 1 fully saturated rings. The van der Waals surface area contributed by atoms with Crippen LogP contribution in [0, 0.1) is 12.8 Å². The summed E-state index contributed by atoms with van der Waals surface area (Å²) in [5, 5.41) is 21.3. The molecular formula is C20H30N6O2. The van der Waals surface area contributed by atoms with Gasteiger partial charge in [-0.3, -0.25) is 19.1 Å². The minimum absolute atomic E-state index is 0.101. The van der Waals surface area contributed by atoms with Crippen LogP contribution in [0.5, 0.6) is 0 Å². The summed E-state index contributed by atoms with van der Waals surface area (Å²) in [6.07, 6.45) is 6.30. The van der Waals surface area contributed by atoms with Crippen LogP contribution in [0.1, 0.15) is 48.3 Å². The van der Waals surface area contributed by atoms with Crippen molar-refractivity contribution in [1.82, 2.24) is 29.8 Å². The van der Waals surface area contributed by atoms with E-state index in [1.54, 1.807) is 0 Å². The molecule has 8 nitrogen and oxygen atoms in total. The van der Waals surface area contributed by atoms with Crippen molar-refractivity contribution in [2.24, 2.45) is 5.92 Å². The fraction of sp³-hybridized carbons (Fsp3) is 0.650. The van der Waals surface area contributed by atoms with Crippen molar-refractivity contribution in [3.63, 3.8) is 0 Å². The van der Waals surface area contributed by atoms with Gasteiger partial charge in [-0.25, -0.2) is 0 Å². The molecular weight excluding hydrogens is 356 g/mol. The first-order chi connectivity index (χ1) is 13.6. The van der Waals surface area contributed by atoms with E-state index in [1.165, 1.54) is 17.7 Å². The van der Waals surface area contributed by atoms with Crippen LogP contribution >= 0.6 is 0 Å². The van der Waals surface area contributed by atoms with E-state index in [9.17, 15) is 4.79 Å². The number of fused-ring (bicyclic) bond motifs is 1. The summed E-state index contributed by atoms with van der Waals surface area (Å²) < 4.78 is 3.91. The fourth-order valence-corrected chi connectivity index (χ4v) is 3.97. The first kappa shape index (κ1) is 19.1. The van der Waals surface area contributed by atoms with Gasteiger partial charge in [-0.05, 0) is 32.3 Å². The molecule has 8 heteroatoms. The van der Waals surface area contributed by atoms with Crippen LogP contribution in [0.2, 0.25) is 0 Å². The number of aromatic nitrogens is 4. The number of aliphatic hydroxyl groups is 1. The van der Waals surface area contributed by atoms with Gasteiger partial charge in [0.2, 0.25) is 5.91 Å². The van der Waals surface area contributed by atoms with E-state index in [4.69, 9.17) is 10.2 Å². The second kappa shape index (κ2) is 8.45. The monoisotopic (exact) mass is 386 g/mol. The van der Waals surface area contributed by atoms with E-state index in [2.05, 4.69) is 26.1 Å². The number of carbonyl (C=O) groups excluding carboxylic acids is 1. The standard InChI is InChI=1S/C20H30N6O2/c1-15-17(13-25(22-15)8-9-27)12-24-6-3-7-26-19(14-24)10-18(23-26)11-21-20(28)16-4-2-5-16/h10,13,16,27H,2-9,11-12,14H2,1H3,(H,21,28). The van der Waals surface area contributed by atoms with Crippen LogP contribution in [0.4, 0.5) is 0 Å². The molecule has 4 rings (SSSR count). The Morgan fingerprint density at radius 2 is 2.14 bits per heavy atom. The fourth-order valence-electron chi connectivity index (χ4n) is 3.97. The van der Waals surface area contributed by atoms with Gasteiger partial charge in [-0.15, -0.1) is 0 Å². The maximum absolute atomic E-state index is 12.1. The second-order valence-electron chi connectivity index (χ2n) is 7.99. The predicted octanol–water partition coefficient (Wildman–Crippen LogP) is 1.20. The van der Waals surface area contributed by atoms with Gasteiger partial charge in [0.15, 0.2) is 0 Å². The Kier molecular flexibility index (Phi) is 5.77. The van der Waals surface area contributed by atoms with Crippen molar-refractivity contribution in [2.75, 3.05) is 13.2 Å². The first-order valence-electron chi connectivity index (χ1n) is 10.3. The number of carbonyl (C=O) groups is 1. The minimum Gasteiger partial charge on any atom is -0.394 e. The average Bonchev–Trinajstić information content (AvgIpc) is 3.09. The molecule has 0 aromatic carbocycles. The molecule has 2 N–H and O–H groups in total. The minimum atomic E-state index is 0.101. The molecule has 3 heterocycles. The van der Waals surface area contributed by atoms with Crippen LogP contribution < -0.4 is 5.32 Å². The van der Waals surface area contributed by atoms with Crippen molar-refractivity contribution in [3.05, 3.63) is 34.9 Å². The Hall–Kier alpha value is -2.19. The lowest BCUT2D eigenvalue weighted by Gasteiger charge is -2.23. The number of aliphatic hydroxyl groups excluding tert-OH is 1. The van der Waals surface area contributed by atoms with E-state index in [0.717, 1.165) is 56.8 Å². The Morgan fingerprint density at radius 1 is 1.29 bits per heavy atom. The lowest BCUT2D eigenvalue weighted by Crippen LogP contribution is -2.34. The van der Waals surface area contributed by atoms with Crippen molar-refractivity contribution in [1.29, 1.82) is 0 Å². The largest absolute Gasteiger partial charge is 0.394 e. The van der Waals surface area contributed by atoms with Gasteiger partial charge in [0, 0.05) is 43.9 Å². The third-order valence-electron chi connectivity index (χ3n) is 5.83. The highest BCUT2D eigenvalue weighted by atomic mass is 16.3. The molecule has 0 atom stereocenters. The molecule has 0 unspecified atom stereocenters. The molecule has 0 radical (unpaired) electrons. The maximum Gasteiger partial charge on any atom is 0.223 e. The number of hydrogen-bond donors (Lipinski definition) is 2. The molecule has 1 saturated carbocycles. The molecule has 0 bridgehead atoms. The number of hydrogen-bond acceptors (Lipinski definition) is 5. The normalized spacial score (nSPS) is 17.8. The molecule has 1 aliphatic heterocycles. The van der Waals surface area contributed by atoms with Crippen LogP contribution in [-0.4, -0.2) is 48.6 Å². The van der Waals surface area contributed by atoms with E-state index in [1.807, 2.05) is 17.8 Å². The summed E-state index contributed by atoms with van der Waals surface area (Å²) >= 11 is 0. The summed E-state index contributed by atoms with van der Waals surface area (Å²) in [5.41, 5.74) is 4.36. The van der Waals surface area contributed by atoms with Gasteiger partial charge in [0.05, 0.1) is 36.8 Å². The lowest BCUT2D eigenvalue weighted by atomic mass is 9.85. The highest BCUT2D eigenvalue weighted by Crippen LogP contribution is 2.26. The molecule has 2 aliphatic rings. The highest BCUT2D eigenvalue weighted by Gasteiger charge is 2.25. The van der Waals surface area contributed by atoms with Gasteiger partial charge < -0.3 is 10.4 Å². The number of rotatable bonds is 7. The van der Waals surface area contributed by atoms with Crippen molar-refractivity contribution in [3.8, 4) is 0 Å². The SMILES string of the molecule is Cc1nn(CCO)cc1CN1CCCn2nc(CNC(=O)C3CCC3)cc2C1. The summed E-state index contributed by atoms with van der Waals surface area (Å²) in [5.74, 6) is 0.386. The van der Waals surface area contributed by atoms with E-state index < -0.39 is 0 Å². The Morgan fingerprint density at radius 3 is 2.89 bits per heavy atom. The summed E-state index contributed by atoms with van der Waals surface area (Å²) in [6.45, 7) is 6.78. The number of nitrogens with zero attached hydrogens (tertiary/aromatic N) is 5. The van der Waals surface area contributed by atoms with Crippen LogP contribution in [0.25, 0.3) is 0 Å². The van der Waals surface area contributed by atoms with E-state index in [-0.39, 0.29) is 18.4 Å². The van der Waals surface area contributed by atoms with Gasteiger partial charge in [0.1, 0.15) is 0 Å². The van der Waals surface area contributed by atoms with Gasteiger partial charge >= 0.3 is 0 Å². The van der Waals surface area contributed by atoms with Crippen molar-refractivity contribution in [2.45, 2.75) is 65.3 Å². The lowest BCUT2D eigenvalue weighted by molar-refractivity contribution is -0.127.